The second kappa shape index (κ2) is 7.60. The zero-order valence-electron chi connectivity index (χ0n) is 13.1. The molecule has 0 radical (unpaired) electrons. The molecule has 3 nitrogen and oxygen atoms in total. The number of halogens is 1. The highest BCUT2D eigenvalue weighted by Crippen LogP contribution is 2.28. The summed E-state index contributed by atoms with van der Waals surface area (Å²) in [4.78, 5) is 0. The molecule has 0 heterocycles. The maximum absolute atomic E-state index is 13.5. The molecule has 1 N–H and O–H groups in total. The van der Waals surface area contributed by atoms with E-state index in [0.29, 0.717) is 0 Å². The van der Waals surface area contributed by atoms with Gasteiger partial charge in [0, 0.05) is 13.2 Å². The molecule has 1 atom stereocenters. The minimum atomic E-state index is -0.330. The van der Waals surface area contributed by atoms with Crippen molar-refractivity contribution in [1.29, 1.82) is 0 Å². The first kappa shape index (κ1) is 16.9. The summed E-state index contributed by atoms with van der Waals surface area (Å²) < 4.78 is 24.0. The second-order valence-corrected chi connectivity index (χ2v) is 5.51. The number of ether oxygens (including phenoxy) is 2. The van der Waals surface area contributed by atoms with Gasteiger partial charge in [0.2, 0.25) is 0 Å². The van der Waals surface area contributed by atoms with Gasteiger partial charge in [0.25, 0.3) is 0 Å². The molecule has 0 saturated carbocycles. The molecule has 0 spiro atoms. The lowest BCUT2D eigenvalue weighted by Crippen LogP contribution is -2.27. The van der Waals surface area contributed by atoms with Crippen LogP contribution in [0, 0.1) is 5.82 Å². The molecule has 1 aromatic carbocycles. The summed E-state index contributed by atoms with van der Waals surface area (Å²) in [6, 6.07) is 5.21. The lowest BCUT2D eigenvalue weighted by Gasteiger charge is -2.26. The van der Waals surface area contributed by atoms with Crippen molar-refractivity contribution in [2.24, 2.45) is 0 Å². The van der Waals surface area contributed by atoms with Gasteiger partial charge in [-0.1, -0.05) is 13.0 Å². The Labute approximate surface area is 121 Å². The first-order valence-corrected chi connectivity index (χ1v) is 7.05. The SMILES string of the molecule is CCNC(CCC(C)(C)OC)c1ccc(F)c(OC)c1. The summed E-state index contributed by atoms with van der Waals surface area (Å²) in [6.45, 7) is 7.06. The van der Waals surface area contributed by atoms with Crippen LogP contribution in [-0.4, -0.2) is 26.4 Å². The van der Waals surface area contributed by atoms with Gasteiger partial charge in [-0.05, 0) is 50.9 Å². The van der Waals surface area contributed by atoms with Gasteiger partial charge < -0.3 is 14.8 Å². The van der Waals surface area contributed by atoms with Crippen molar-refractivity contribution in [2.45, 2.75) is 45.3 Å². The van der Waals surface area contributed by atoms with Crippen LogP contribution < -0.4 is 10.1 Å². The third-order valence-electron chi connectivity index (χ3n) is 3.62. The largest absolute Gasteiger partial charge is 0.494 e. The van der Waals surface area contributed by atoms with Crippen LogP contribution in [0.2, 0.25) is 0 Å². The van der Waals surface area contributed by atoms with Crippen LogP contribution in [0.4, 0.5) is 4.39 Å². The van der Waals surface area contributed by atoms with E-state index in [0.717, 1.165) is 24.9 Å². The Morgan fingerprint density at radius 2 is 2.00 bits per heavy atom. The Hall–Kier alpha value is -1.13. The number of rotatable bonds is 8. The van der Waals surface area contributed by atoms with Gasteiger partial charge in [-0.3, -0.25) is 0 Å². The van der Waals surface area contributed by atoms with Gasteiger partial charge in [-0.15, -0.1) is 0 Å². The highest BCUT2D eigenvalue weighted by Gasteiger charge is 2.20. The van der Waals surface area contributed by atoms with Crippen LogP contribution in [-0.2, 0) is 4.74 Å². The normalized spacial score (nSPS) is 13.3. The summed E-state index contributed by atoms with van der Waals surface area (Å²) in [5.74, 6) is -0.0416. The van der Waals surface area contributed by atoms with Crippen LogP contribution in [0.1, 0.15) is 45.2 Å². The first-order valence-electron chi connectivity index (χ1n) is 7.05. The van der Waals surface area contributed by atoms with E-state index in [1.54, 1.807) is 13.2 Å². The lowest BCUT2D eigenvalue weighted by molar-refractivity contribution is 0.0117. The average molecular weight is 283 g/mol. The van der Waals surface area contributed by atoms with Crippen LogP contribution in [0.25, 0.3) is 0 Å². The average Bonchev–Trinajstić information content (AvgIpc) is 2.44. The minimum absolute atomic E-state index is 0.155. The molecule has 1 aromatic rings. The van der Waals surface area contributed by atoms with E-state index >= 15 is 0 Å². The van der Waals surface area contributed by atoms with Crippen molar-refractivity contribution in [1.82, 2.24) is 5.32 Å². The molecule has 0 aliphatic rings. The van der Waals surface area contributed by atoms with E-state index < -0.39 is 0 Å². The zero-order valence-corrected chi connectivity index (χ0v) is 13.1. The maximum atomic E-state index is 13.5. The predicted octanol–water partition coefficient (Wildman–Crippen LogP) is 3.69. The quantitative estimate of drug-likeness (QED) is 0.789. The third-order valence-corrected chi connectivity index (χ3v) is 3.62. The van der Waals surface area contributed by atoms with Crippen LogP contribution in [0.5, 0.6) is 5.75 Å². The molecule has 0 aromatic heterocycles. The molecular formula is C16H26FNO2. The topological polar surface area (TPSA) is 30.5 Å². The van der Waals surface area contributed by atoms with Crippen molar-refractivity contribution in [3.8, 4) is 5.75 Å². The van der Waals surface area contributed by atoms with Gasteiger partial charge in [0.15, 0.2) is 11.6 Å². The fraction of sp³-hybridized carbons (Fsp3) is 0.625. The highest BCUT2D eigenvalue weighted by atomic mass is 19.1. The predicted molar refractivity (Wildman–Crippen MR) is 79.7 cm³/mol. The number of hydrogen-bond acceptors (Lipinski definition) is 3. The smallest absolute Gasteiger partial charge is 0.165 e. The van der Waals surface area contributed by atoms with E-state index in [-0.39, 0.29) is 23.2 Å². The Bertz CT molecular complexity index is 421. The monoisotopic (exact) mass is 283 g/mol. The van der Waals surface area contributed by atoms with Crippen LogP contribution in [0.15, 0.2) is 18.2 Å². The van der Waals surface area contributed by atoms with E-state index in [9.17, 15) is 4.39 Å². The molecule has 4 heteroatoms. The summed E-state index contributed by atoms with van der Waals surface area (Å²) in [6.07, 6.45) is 1.84. The van der Waals surface area contributed by atoms with Gasteiger partial charge >= 0.3 is 0 Å². The molecule has 0 fully saturated rings. The molecule has 1 rings (SSSR count). The third kappa shape index (κ3) is 4.76. The Balaban J connectivity index is 2.85. The number of hydrogen-bond donors (Lipinski definition) is 1. The van der Waals surface area contributed by atoms with E-state index in [4.69, 9.17) is 9.47 Å². The zero-order chi connectivity index (χ0) is 15.2. The Kier molecular flexibility index (Phi) is 6.43. The van der Waals surface area contributed by atoms with Crippen molar-refractivity contribution in [3.63, 3.8) is 0 Å². The van der Waals surface area contributed by atoms with Gasteiger partial charge in [0.05, 0.1) is 12.7 Å². The number of methoxy groups -OCH3 is 2. The summed E-state index contributed by atoms with van der Waals surface area (Å²) in [7, 11) is 3.21. The molecule has 0 aliphatic carbocycles. The van der Waals surface area contributed by atoms with Gasteiger partial charge in [-0.25, -0.2) is 4.39 Å². The number of nitrogens with one attached hydrogen (secondary N) is 1. The summed E-state index contributed by atoms with van der Waals surface area (Å²) in [5, 5.41) is 3.43. The van der Waals surface area contributed by atoms with Gasteiger partial charge in [-0.2, -0.15) is 0 Å². The Morgan fingerprint density at radius 3 is 2.55 bits per heavy atom. The number of benzene rings is 1. The van der Waals surface area contributed by atoms with E-state index in [1.165, 1.54) is 13.2 Å². The maximum Gasteiger partial charge on any atom is 0.165 e. The summed E-state index contributed by atoms with van der Waals surface area (Å²) in [5.41, 5.74) is 0.884. The van der Waals surface area contributed by atoms with E-state index in [2.05, 4.69) is 26.1 Å². The standard InChI is InChI=1S/C16H26FNO2/c1-6-18-14(9-10-16(2,3)20-5)12-7-8-13(17)15(11-12)19-4/h7-8,11,14,18H,6,9-10H2,1-5H3. The van der Waals surface area contributed by atoms with Crippen LogP contribution in [0.3, 0.4) is 0 Å². The second-order valence-electron chi connectivity index (χ2n) is 5.51. The van der Waals surface area contributed by atoms with Gasteiger partial charge in [0.1, 0.15) is 0 Å². The molecule has 0 amide bonds. The first-order chi connectivity index (χ1) is 9.43. The van der Waals surface area contributed by atoms with Crippen molar-refractivity contribution < 1.29 is 13.9 Å². The molecule has 0 saturated heterocycles. The molecule has 0 bridgehead atoms. The molecular weight excluding hydrogens is 257 g/mol. The van der Waals surface area contributed by atoms with Crippen molar-refractivity contribution in [2.75, 3.05) is 20.8 Å². The van der Waals surface area contributed by atoms with Crippen LogP contribution >= 0.6 is 0 Å². The molecule has 1 unspecified atom stereocenters. The molecule has 114 valence electrons. The fourth-order valence-corrected chi connectivity index (χ4v) is 2.12. The molecule has 20 heavy (non-hydrogen) atoms. The highest BCUT2D eigenvalue weighted by molar-refractivity contribution is 5.32. The minimum Gasteiger partial charge on any atom is -0.494 e. The Morgan fingerprint density at radius 1 is 1.30 bits per heavy atom. The lowest BCUT2D eigenvalue weighted by atomic mass is 9.94. The van der Waals surface area contributed by atoms with Crippen molar-refractivity contribution in [3.05, 3.63) is 29.6 Å². The fourth-order valence-electron chi connectivity index (χ4n) is 2.12. The van der Waals surface area contributed by atoms with Crippen molar-refractivity contribution >= 4 is 0 Å². The molecule has 0 aliphatic heterocycles. The van der Waals surface area contributed by atoms with E-state index in [1.807, 2.05) is 6.07 Å². The summed E-state index contributed by atoms with van der Waals surface area (Å²) >= 11 is 0.